The van der Waals surface area contributed by atoms with Gasteiger partial charge in [-0.05, 0) is 49.3 Å². The molecule has 0 N–H and O–H groups in total. The van der Waals surface area contributed by atoms with Crippen LogP contribution in [0.2, 0.25) is 0 Å². The van der Waals surface area contributed by atoms with Gasteiger partial charge in [-0.25, -0.2) is 4.79 Å². The topological polar surface area (TPSA) is 43.4 Å². The molecule has 2 aliphatic carbocycles. The number of ether oxygens (including phenoxy) is 1. The summed E-state index contributed by atoms with van der Waals surface area (Å²) in [6.45, 7) is 4.10. The molecule has 0 bridgehead atoms. The molecule has 2 atom stereocenters. The van der Waals surface area contributed by atoms with Crippen molar-refractivity contribution in [2.24, 2.45) is 5.41 Å². The molecule has 0 amide bonds. The Morgan fingerprint density at radius 3 is 2.68 bits per heavy atom. The number of hydrogen-bond donors (Lipinski definition) is 0. The van der Waals surface area contributed by atoms with Gasteiger partial charge in [0.05, 0.1) is 5.56 Å². The molecule has 0 spiro atoms. The Balaban J connectivity index is 1.82. The van der Waals surface area contributed by atoms with E-state index in [0.29, 0.717) is 12.0 Å². The van der Waals surface area contributed by atoms with Gasteiger partial charge in [-0.15, -0.1) is 0 Å². The summed E-state index contributed by atoms with van der Waals surface area (Å²) >= 11 is 0. The van der Waals surface area contributed by atoms with Crippen molar-refractivity contribution in [1.82, 2.24) is 0 Å². The SMILES string of the molecule is CC1=C2CCCC[C@@]2(C)C[C@@H](OC(=O)c2ccccc2)C1=O. The lowest BCUT2D eigenvalue weighted by atomic mass is 9.63. The van der Waals surface area contributed by atoms with Crippen LogP contribution in [0.5, 0.6) is 0 Å². The van der Waals surface area contributed by atoms with Gasteiger partial charge >= 0.3 is 5.97 Å². The van der Waals surface area contributed by atoms with Crippen LogP contribution in [0, 0.1) is 5.41 Å². The predicted octanol–water partition coefficient (Wildman–Crippen LogP) is 4.08. The molecule has 1 aromatic carbocycles. The highest BCUT2D eigenvalue weighted by Crippen LogP contribution is 2.49. The van der Waals surface area contributed by atoms with E-state index >= 15 is 0 Å². The number of esters is 1. The number of ketones is 1. The van der Waals surface area contributed by atoms with Crippen LogP contribution in [0.15, 0.2) is 41.5 Å². The van der Waals surface area contributed by atoms with Gasteiger partial charge < -0.3 is 4.74 Å². The molecule has 1 aromatic rings. The Morgan fingerprint density at radius 1 is 1.23 bits per heavy atom. The zero-order valence-electron chi connectivity index (χ0n) is 13.2. The lowest BCUT2D eigenvalue weighted by Crippen LogP contribution is -2.41. The van der Waals surface area contributed by atoms with Gasteiger partial charge in [0.1, 0.15) is 0 Å². The minimum Gasteiger partial charge on any atom is -0.450 e. The van der Waals surface area contributed by atoms with E-state index in [1.165, 1.54) is 12.0 Å². The molecule has 22 heavy (non-hydrogen) atoms. The highest BCUT2D eigenvalue weighted by Gasteiger charge is 2.44. The van der Waals surface area contributed by atoms with Crippen molar-refractivity contribution in [1.29, 1.82) is 0 Å². The number of Topliss-reactive ketones (excluding diaryl/α,β-unsaturated/α-hetero) is 1. The summed E-state index contributed by atoms with van der Waals surface area (Å²) in [7, 11) is 0. The lowest BCUT2D eigenvalue weighted by Gasteiger charge is -2.43. The second kappa shape index (κ2) is 5.71. The van der Waals surface area contributed by atoms with Crippen molar-refractivity contribution in [3.8, 4) is 0 Å². The second-order valence-electron chi connectivity index (χ2n) is 6.70. The maximum atomic E-state index is 12.6. The Bertz CT molecular complexity index is 629. The fourth-order valence-corrected chi connectivity index (χ4v) is 3.89. The van der Waals surface area contributed by atoms with Crippen LogP contribution in [-0.4, -0.2) is 17.9 Å². The van der Waals surface area contributed by atoms with E-state index in [0.717, 1.165) is 24.8 Å². The third-order valence-corrected chi connectivity index (χ3v) is 5.14. The average molecular weight is 298 g/mol. The fraction of sp³-hybridized carbons (Fsp3) is 0.474. The Kier molecular flexibility index (Phi) is 3.90. The number of benzene rings is 1. The maximum absolute atomic E-state index is 12.6. The van der Waals surface area contributed by atoms with Gasteiger partial charge in [0.15, 0.2) is 11.9 Å². The molecule has 0 saturated heterocycles. The molecule has 3 heteroatoms. The summed E-state index contributed by atoms with van der Waals surface area (Å²) in [5, 5.41) is 0. The largest absolute Gasteiger partial charge is 0.450 e. The second-order valence-corrected chi connectivity index (χ2v) is 6.70. The van der Waals surface area contributed by atoms with E-state index < -0.39 is 12.1 Å². The van der Waals surface area contributed by atoms with Gasteiger partial charge in [-0.2, -0.15) is 0 Å². The molecule has 1 fully saturated rings. The maximum Gasteiger partial charge on any atom is 0.338 e. The zero-order chi connectivity index (χ0) is 15.7. The lowest BCUT2D eigenvalue weighted by molar-refractivity contribution is -0.127. The quantitative estimate of drug-likeness (QED) is 0.773. The van der Waals surface area contributed by atoms with Crippen molar-refractivity contribution in [3.05, 3.63) is 47.0 Å². The third-order valence-electron chi connectivity index (χ3n) is 5.14. The van der Waals surface area contributed by atoms with Crippen molar-refractivity contribution in [2.75, 3.05) is 0 Å². The minimum absolute atomic E-state index is 0.0118. The first-order chi connectivity index (χ1) is 10.5. The van der Waals surface area contributed by atoms with Crippen LogP contribution in [0.3, 0.4) is 0 Å². The molecule has 1 saturated carbocycles. The van der Waals surface area contributed by atoms with Gasteiger partial charge in [-0.3, -0.25) is 4.79 Å². The number of allylic oxidation sites excluding steroid dienone is 1. The highest BCUT2D eigenvalue weighted by molar-refractivity contribution is 6.02. The van der Waals surface area contributed by atoms with Gasteiger partial charge in [0.2, 0.25) is 0 Å². The van der Waals surface area contributed by atoms with Crippen molar-refractivity contribution < 1.29 is 14.3 Å². The van der Waals surface area contributed by atoms with E-state index in [1.54, 1.807) is 24.3 Å². The normalized spacial score (nSPS) is 28.3. The summed E-state index contributed by atoms with van der Waals surface area (Å²) in [4.78, 5) is 24.8. The molecule has 0 heterocycles. The van der Waals surface area contributed by atoms with Crippen LogP contribution in [0.1, 0.15) is 56.3 Å². The summed E-state index contributed by atoms with van der Waals surface area (Å²) in [6, 6.07) is 8.87. The van der Waals surface area contributed by atoms with Crippen LogP contribution >= 0.6 is 0 Å². The average Bonchev–Trinajstić information content (AvgIpc) is 2.53. The zero-order valence-corrected chi connectivity index (χ0v) is 13.2. The van der Waals surface area contributed by atoms with E-state index in [-0.39, 0.29) is 11.2 Å². The van der Waals surface area contributed by atoms with E-state index in [9.17, 15) is 9.59 Å². The van der Waals surface area contributed by atoms with Gasteiger partial charge in [0.25, 0.3) is 0 Å². The number of fused-ring (bicyclic) bond motifs is 1. The van der Waals surface area contributed by atoms with E-state index in [2.05, 4.69) is 6.92 Å². The van der Waals surface area contributed by atoms with E-state index in [4.69, 9.17) is 4.74 Å². The third kappa shape index (κ3) is 2.60. The molecule has 3 rings (SSSR count). The summed E-state index contributed by atoms with van der Waals surface area (Å²) in [5.41, 5.74) is 2.62. The Morgan fingerprint density at radius 2 is 1.95 bits per heavy atom. The number of hydrogen-bond acceptors (Lipinski definition) is 3. The Labute approximate surface area is 131 Å². The van der Waals surface area contributed by atoms with E-state index in [1.807, 2.05) is 13.0 Å². The standard InChI is InChI=1S/C19H22O3/c1-13-15-10-6-7-11-19(15,2)12-16(17(13)20)22-18(21)14-8-4-3-5-9-14/h3-5,8-9,16H,6-7,10-12H2,1-2H3/t16-,19+/m1/s1. The molecule has 116 valence electrons. The van der Waals surface area contributed by atoms with Gasteiger partial charge in [-0.1, -0.05) is 37.1 Å². The first-order valence-corrected chi connectivity index (χ1v) is 8.02. The molecular weight excluding hydrogens is 276 g/mol. The molecule has 0 aliphatic heterocycles. The van der Waals surface area contributed by atoms with Crippen LogP contribution < -0.4 is 0 Å². The first kappa shape index (κ1) is 15.0. The Hall–Kier alpha value is -1.90. The predicted molar refractivity (Wildman–Crippen MR) is 84.5 cm³/mol. The molecule has 3 nitrogen and oxygen atoms in total. The van der Waals surface area contributed by atoms with Crippen molar-refractivity contribution in [2.45, 2.75) is 52.1 Å². The van der Waals surface area contributed by atoms with Crippen molar-refractivity contribution in [3.63, 3.8) is 0 Å². The van der Waals surface area contributed by atoms with Crippen LogP contribution in [0.25, 0.3) is 0 Å². The molecule has 0 unspecified atom stereocenters. The number of carbonyl (C=O) groups is 2. The highest BCUT2D eigenvalue weighted by atomic mass is 16.5. The van der Waals surface area contributed by atoms with Gasteiger partial charge in [0, 0.05) is 6.42 Å². The smallest absolute Gasteiger partial charge is 0.338 e. The molecule has 0 aromatic heterocycles. The fourth-order valence-electron chi connectivity index (χ4n) is 3.89. The monoisotopic (exact) mass is 298 g/mol. The minimum atomic E-state index is -0.639. The summed E-state index contributed by atoms with van der Waals surface area (Å²) in [5.74, 6) is -0.423. The molecule has 0 radical (unpaired) electrons. The first-order valence-electron chi connectivity index (χ1n) is 8.02. The van der Waals surface area contributed by atoms with Crippen LogP contribution in [-0.2, 0) is 9.53 Å². The van der Waals surface area contributed by atoms with Crippen LogP contribution in [0.4, 0.5) is 0 Å². The summed E-state index contributed by atoms with van der Waals surface area (Å²) < 4.78 is 5.55. The number of rotatable bonds is 2. The molecule has 2 aliphatic rings. The van der Waals surface area contributed by atoms with Crippen molar-refractivity contribution >= 4 is 11.8 Å². The number of carbonyl (C=O) groups excluding carboxylic acids is 2. The molecular formula is C19H22O3. The summed E-state index contributed by atoms with van der Waals surface area (Å²) in [6.07, 6.45) is 4.40.